The molecule has 0 atom stereocenters. The highest BCUT2D eigenvalue weighted by atomic mass is 32.2. The van der Waals surface area contributed by atoms with Crippen LogP contribution in [0.1, 0.15) is 19.3 Å². The first-order valence-electron chi connectivity index (χ1n) is 8.80. The normalized spacial score (nSPS) is 16.7. The second kappa shape index (κ2) is 8.68. The zero-order valence-electron chi connectivity index (χ0n) is 14.6. The fourth-order valence-electron chi connectivity index (χ4n) is 2.91. The quantitative estimate of drug-likeness (QED) is 0.738. The summed E-state index contributed by atoms with van der Waals surface area (Å²) in [5.41, 5.74) is 6.31. The third kappa shape index (κ3) is 4.45. The predicted octanol–water partition coefficient (Wildman–Crippen LogP) is 1.66. The van der Waals surface area contributed by atoms with Crippen molar-refractivity contribution >= 4 is 10.0 Å². The lowest BCUT2D eigenvalue weighted by Crippen LogP contribution is -2.41. The van der Waals surface area contributed by atoms with Gasteiger partial charge in [0, 0.05) is 25.3 Å². The van der Waals surface area contributed by atoms with Crippen LogP contribution in [0.3, 0.4) is 0 Å². The Balaban J connectivity index is 1.64. The van der Waals surface area contributed by atoms with E-state index in [9.17, 15) is 8.42 Å². The molecule has 0 spiro atoms. The molecule has 3 rings (SSSR count). The predicted molar refractivity (Wildman–Crippen MR) is 98.9 cm³/mol. The molecule has 0 saturated carbocycles. The van der Waals surface area contributed by atoms with Gasteiger partial charge in [0.15, 0.2) is 5.82 Å². The fraction of sp³-hybridized carbons (Fsp3) is 0.444. The van der Waals surface area contributed by atoms with Crippen LogP contribution in [0, 0.1) is 0 Å². The Morgan fingerprint density at radius 2 is 1.77 bits per heavy atom. The van der Waals surface area contributed by atoms with Gasteiger partial charge in [-0.15, -0.1) is 0 Å². The van der Waals surface area contributed by atoms with Crippen molar-refractivity contribution in [1.82, 2.24) is 14.3 Å². The van der Waals surface area contributed by atoms with Crippen molar-refractivity contribution in [3.63, 3.8) is 0 Å². The lowest BCUT2D eigenvalue weighted by molar-refractivity contribution is 0.0209. The molecule has 2 N–H and O–H groups in total. The molecule has 0 unspecified atom stereocenters. The number of aromatic nitrogens is 2. The Labute approximate surface area is 154 Å². The van der Waals surface area contributed by atoms with Crippen LogP contribution in [0.4, 0.5) is 0 Å². The van der Waals surface area contributed by atoms with E-state index in [0.717, 1.165) is 12.0 Å². The molecule has 1 aliphatic heterocycles. The molecule has 1 fully saturated rings. The zero-order valence-corrected chi connectivity index (χ0v) is 15.4. The second-order valence-corrected chi connectivity index (χ2v) is 8.16. The van der Waals surface area contributed by atoms with Crippen LogP contribution in [0.25, 0.3) is 11.4 Å². The number of hydrogen-bond donors (Lipinski definition) is 1. The van der Waals surface area contributed by atoms with Gasteiger partial charge in [-0.3, -0.25) is 0 Å². The van der Waals surface area contributed by atoms with Gasteiger partial charge in [-0.2, -0.15) is 4.31 Å². The van der Waals surface area contributed by atoms with Crippen LogP contribution >= 0.6 is 0 Å². The molecule has 1 aromatic carbocycles. The molecule has 1 aliphatic rings. The van der Waals surface area contributed by atoms with Crippen LogP contribution in [-0.2, 0) is 14.8 Å². The summed E-state index contributed by atoms with van der Waals surface area (Å²) in [5, 5.41) is 0. The first-order valence-corrected chi connectivity index (χ1v) is 10.2. The van der Waals surface area contributed by atoms with Crippen LogP contribution in [0.5, 0.6) is 0 Å². The molecule has 0 radical (unpaired) electrons. The van der Waals surface area contributed by atoms with Crippen molar-refractivity contribution in [3.8, 4) is 11.4 Å². The van der Waals surface area contributed by atoms with Crippen molar-refractivity contribution < 1.29 is 13.2 Å². The number of piperidine rings is 1. The molecule has 1 aromatic heterocycles. The van der Waals surface area contributed by atoms with E-state index < -0.39 is 10.0 Å². The summed E-state index contributed by atoms with van der Waals surface area (Å²) in [6, 6.07) is 9.47. The van der Waals surface area contributed by atoms with Crippen LogP contribution in [-0.4, -0.2) is 55.0 Å². The number of hydrogen-bond acceptors (Lipinski definition) is 6. The van der Waals surface area contributed by atoms with Gasteiger partial charge in [0.25, 0.3) is 0 Å². The molecule has 0 amide bonds. The number of nitrogens with zero attached hydrogens (tertiary/aromatic N) is 3. The van der Waals surface area contributed by atoms with Crippen molar-refractivity contribution in [3.05, 3.63) is 42.7 Å². The molecule has 26 heavy (non-hydrogen) atoms. The molecule has 140 valence electrons. The van der Waals surface area contributed by atoms with E-state index >= 15 is 0 Å². The van der Waals surface area contributed by atoms with E-state index in [1.807, 2.05) is 30.3 Å². The maximum atomic E-state index is 12.8. The Bertz CT molecular complexity index is 789. The van der Waals surface area contributed by atoms with E-state index in [0.29, 0.717) is 44.9 Å². The first kappa shape index (κ1) is 18.9. The van der Waals surface area contributed by atoms with Gasteiger partial charge in [0.1, 0.15) is 4.90 Å². The molecule has 2 heterocycles. The highest BCUT2D eigenvalue weighted by Gasteiger charge is 2.30. The number of ether oxygens (including phenoxy) is 1. The molecular formula is C18H24N4O3S. The largest absolute Gasteiger partial charge is 0.378 e. The van der Waals surface area contributed by atoms with Crippen molar-refractivity contribution in [2.24, 2.45) is 5.73 Å². The van der Waals surface area contributed by atoms with Gasteiger partial charge < -0.3 is 10.5 Å². The van der Waals surface area contributed by atoms with Gasteiger partial charge in [0.2, 0.25) is 10.0 Å². The fourth-order valence-corrected chi connectivity index (χ4v) is 4.27. The minimum absolute atomic E-state index is 0.102. The van der Waals surface area contributed by atoms with Gasteiger partial charge in [-0.05, 0) is 25.8 Å². The second-order valence-electron chi connectivity index (χ2n) is 6.22. The summed E-state index contributed by atoms with van der Waals surface area (Å²) < 4.78 is 32.8. The molecule has 1 saturated heterocycles. The molecular weight excluding hydrogens is 352 g/mol. The average molecular weight is 376 g/mol. The highest BCUT2D eigenvalue weighted by Crippen LogP contribution is 2.22. The van der Waals surface area contributed by atoms with Gasteiger partial charge >= 0.3 is 0 Å². The van der Waals surface area contributed by atoms with E-state index in [1.54, 1.807) is 0 Å². The highest BCUT2D eigenvalue weighted by molar-refractivity contribution is 7.89. The Kier molecular flexibility index (Phi) is 6.31. The topological polar surface area (TPSA) is 98.4 Å². The van der Waals surface area contributed by atoms with Gasteiger partial charge in [-0.25, -0.2) is 18.4 Å². The third-order valence-corrected chi connectivity index (χ3v) is 6.25. The number of benzene rings is 1. The summed E-state index contributed by atoms with van der Waals surface area (Å²) in [6.45, 7) is 2.11. The van der Waals surface area contributed by atoms with Gasteiger partial charge in [0.05, 0.1) is 18.5 Å². The van der Waals surface area contributed by atoms with E-state index in [2.05, 4.69) is 9.97 Å². The maximum absolute atomic E-state index is 12.8. The molecule has 2 aromatic rings. The number of sulfonamides is 1. The van der Waals surface area contributed by atoms with E-state index in [4.69, 9.17) is 10.5 Å². The lowest BCUT2D eigenvalue weighted by atomic mass is 10.1. The Morgan fingerprint density at radius 3 is 2.38 bits per heavy atom. The molecule has 8 heteroatoms. The number of rotatable bonds is 7. The standard InChI is InChI=1S/C18H24N4O3S/c19-9-4-12-25-16-7-10-22(11-8-16)26(23,24)17-13-20-18(21-14-17)15-5-2-1-3-6-15/h1-3,5-6,13-14,16H,4,7-12,19H2. The van der Waals surface area contributed by atoms with Crippen molar-refractivity contribution in [1.29, 1.82) is 0 Å². The molecule has 0 bridgehead atoms. The summed E-state index contributed by atoms with van der Waals surface area (Å²) in [6.07, 6.45) is 5.07. The van der Waals surface area contributed by atoms with Crippen LogP contribution in [0.2, 0.25) is 0 Å². The summed E-state index contributed by atoms with van der Waals surface area (Å²) in [5.74, 6) is 0.511. The Hall–Kier alpha value is -1.87. The Morgan fingerprint density at radius 1 is 1.12 bits per heavy atom. The van der Waals surface area contributed by atoms with E-state index in [-0.39, 0.29) is 11.0 Å². The van der Waals surface area contributed by atoms with E-state index in [1.165, 1.54) is 16.7 Å². The summed E-state index contributed by atoms with van der Waals surface area (Å²) in [7, 11) is -3.58. The maximum Gasteiger partial charge on any atom is 0.246 e. The zero-order chi connectivity index (χ0) is 18.4. The minimum Gasteiger partial charge on any atom is -0.378 e. The monoisotopic (exact) mass is 376 g/mol. The minimum atomic E-state index is -3.58. The van der Waals surface area contributed by atoms with Crippen LogP contribution < -0.4 is 5.73 Å². The van der Waals surface area contributed by atoms with Crippen molar-refractivity contribution in [2.75, 3.05) is 26.2 Å². The number of nitrogens with two attached hydrogens (primary N) is 1. The molecule has 0 aliphatic carbocycles. The average Bonchev–Trinajstić information content (AvgIpc) is 2.69. The smallest absolute Gasteiger partial charge is 0.246 e. The third-order valence-electron chi connectivity index (χ3n) is 4.40. The first-order chi connectivity index (χ1) is 12.6. The lowest BCUT2D eigenvalue weighted by Gasteiger charge is -2.31. The SMILES string of the molecule is NCCCOC1CCN(S(=O)(=O)c2cnc(-c3ccccc3)nc2)CC1. The van der Waals surface area contributed by atoms with Crippen molar-refractivity contribution in [2.45, 2.75) is 30.3 Å². The van der Waals surface area contributed by atoms with Gasteiger partial charge in [-0.1, -0.05) is 30.3 Å². The van der Waals surface area contributed by atoms with Crippen LogP contribution in [0.15, 0.2) is 47.6 Å². The summed E-state index contributed by atoms with van der Waals surface area (Å²) >= 11 is 0. The molecule has 7 nitrogen and oxygen atoms in total. The summed E-state index contributed by atoms with van der Waals surface area (Å²) in [4.78, 5) is 8.57.